The summed E-state index contributed by atoms with van der Waals surface area (Å²) < 4.78 is 6.91. The lowest BCUT2D eigenvalue weighted by molar-refractivity contribution is 0.102. The van der Waals surface area contributed by atoms with Gasteiger partial charge in [0.15, 0.2) is 5.82 Å². The number of carbonyl (C=O) groups excluding carboxylic acids is 1. The van der Waals surface area contributed by atoms with E-state index in [0.29, 0.717) is 28.5 Å². The lowest BCUT2D eigenvalue weighted by Crippen LogP contribution is -2.12. The zero-order chi connectivity index (χ0) is 17.1. The van der Waals surface area contributed by atoms with Crippen LogP contribution in [-0.2, 0) is 0 Å². The SMILES string of the molecule is COc1ccc(NC(=O)c2ccc(C)cc2)cc1-n1nnnc1C. The van der Waals surface area contributed by atoms with Gasteiger partial charge in [0, 0.05) is 11.3 Å². The largest absolute Gasteiger partial charge is 0.494 e. The Morgan fingerprint density at radius 1 is 1.12 bits per heavy atom. The molecule has 7 heteroatoms. The van der Waals surface area contributed by atoms with E-state index in [1.807, 2.05) is 19.1 Å². The fraction of sp³-hybridized carbons (Fsp3) is 0.176. The summed E-state index contributed by atoms with van der Waals surface area (Å²) in [6.45, 7) is 3.77. The molecule has 3 rings (SSSR count). The van der Waals surface area contributed by atoms with Crippen molar-refractivity contribution in [2.45, 2.75) is 13.8 Å². The van der Waals surface area contributed by atoms with Gasteiger partial charge in [-0.15, -0.1) is 5.10 Å². The van der Waals surface area contributed by atoms with Crippen LogP contribution in [0, 0.1) is 13.8 Å². The van der Waals surface area contributed by atoms with Crippen LogP contribution in [-0.4, -0.2) is 33.2 Å². The van der Waals surface area contributed by atoms with E-state index in [4.69, 9.17) is 4.74 Å². The smallest absolute Gasteiger partial charge is 0.255 e. The van der Waals surface area contributed by atoms with Crippen LogP contribution in [0.2, 0.25) is 0 Å². The number of carbonyl (C=O) groups is 1. The van der Waals surface area contributed by atoms with Crippen LogP contribution in [0.5, 0.6) is 5.75 Å². The Morgan fingerprint density at radius 3 is 2.50 bits per heavy atom. The number of nitrogens with one attached hydrogen (secondary N) is 1. The maximum absolute atomic E-state index is 12.4. The molecule has 0 aliphatic rings. The third-order valence-corrected chi connectivity index (χ3v) is 3.60. The second kappa shape index (κ2) is 6.49. The van der Waals surface area contributed by atoms with Gasteiger partial charge in [0.05, 0.1) is 7.11 Å². The normalized spacial score (nSPS) is 10.5. The Morgan fingerprint density at radius 2 is 1.88 bits per heavy atom. The molecule has 7 nitrogen and oxygen atoms in total. The van der Waals surface area contributed by atoms with Gasteiger partial charge in [-0.2, -0.15) is 4.68 Å². The number of anilines is 1. The molecule has 0 spiro atoms. The zero-order valence-corrected chi connectivity index (χ0v) is 13.6. The predicted molar refractivity (Wildman–Crippen MR) is 89.6 cm³/mol. The first-order valence-corrected chi connectivity index (χ1v) is 7.40. The fourth-order valence-electron chi connectivity index (χ4n) is 2.30. The number of amides is 1. The Bertz CT molecular complexity index is 871. The van der Waals surface area contributed by atoms with Gasteiger partial charge in [0.1, 0.15) is 11.4 Å². The first-order valence-electron chi connectivity index (χ1n) is 7.40. The van der Waals surface area contributed by atoms with E-state index < -0.39 is 0 Å². The van der Waals surface area contributed by atoms with Crippen LogP contribution in [0.4, 0.5) is 5.69 Å². The highest BCUT2D eigenvalue weighted by Crippen LogP contribution is 2.26. The van der Waals surface area contributed by atoms with Crippen LogP contribution < -0.4 is 10.1 Å². The van der Waals surface area contributed by atoms with Crippen molar-refractivity contribution in [3.63, 3.8) is 0 Å². The molecule has 1 aromatic heterocycles. The van der Waals surface area contributed by atoms with Crippen LogP contribution in [0.1, 0.15) is 21.7 Å². The van der Waals surface area contributed by atoms with Crippen molar-refractivity contribution in [1.29, 1.82) is 0 Å². The standard InChI is InChI=1S/C17H17N5O2/c1-11-4-6-13(7-5-11)17(23)18-14-8-9-16(24-3)15(10-14)22-12(2)19-20-21-22/h4-10H,1-3H3,(H,18,23). The summed E-state index contributed by atoms with van der Waals surface area (Å²) >= 11 is 0. The summed E-state index contributed by atoms with van der Waals surface area (Å²) in [4.78, 5) is 12.4. The van der Waals surface area contributed by atoms with Gasteiger partial charge >= 0.3 is 0 Å². The molecule has 1 heterocycles. The number of ether oxygens (including phenoxy) is 1. The highest BCUT2D eigenvalue weighted by atomic mass is 16.5. The van der Waals surface area contributed by atoms with Crippen molar-refractivity contribution in [3.05, 3.63) is 59.4 Å². The molecule has 0 aliphatic carbocycles. The van der Waals surface area contributed by atoms with Crippen LogP contribution in [0.15, 0.2) is 42.5 Å². The molecule has 122 valence electrons. The van der Waals surface area contributed by atoms with Gasteiger partial charge in [-0.25, -0.2) is 0 Å². The summed E-state index contributed by atoms with van der Waals surface area (Å²) in [5, 5.41) is 14.3. The maximum Gasteiger partial charge on any atom is 0.255 e. The van der Waals surface area contributed by atoms with Crippen molar-refractivity contribution in [1.82, 2.24) is 20.2 Å². The molecular formula is C17H17N5O2. The third-order valence-electron chi connectivity index (χ3n) is 3.60. The first kappa shape index (κ1) is 15.7. The van der Waals surface area contributed by atoms with Crippen molar-refractivity contribution >= 4 is 11.6 Å². The number of hydrogen-bond donors (Lipinski definition) is 1. The minimum atomic E-state index is -0.181. The molecule has 0 atom stereocenters. The minimum Gasteiger partial charge on any atom is -0.494 e. The highest BCUT2D eigenvalue weighted by molar-refractivity contribution is 6.04. The molecule has 0 saturated heterocycles. The average molecular weight is 323 g/mol. The monoisotopic (exact) mass is 323 g/mol. The van der Waals surface area contributed by atoms with E-state index in [9.17, 15) is 4.79 Å². The number of hydrogen-bond acceptors (Lipinski definition) is 5. The molecule has 0 saturated carbocycles. The van der Waals surface area contributed by atoms with Crippen molar-refractivity contribution < 1.29 is 9.53 Å². The van der Waals surface area contributed by atoms with E-state index >= 15 is 0 Å². The number of benzene rings is 2. The quantitative estimate of drug-likeness (QED) is 0.798. The van der Waals surface area contributed by atoms with Gasteiger partial charge in [0.2, 0.25) is 0 Å². The van der Waals surface area contributed by atoms with Crippen LogP contribution in [0.25, 0.3) is 5.69 Å². The lowest BCUT2D eigenvalue weighted by atomic mass is 10.1. The van der Waals surface area contributed by atoms with Crippen molar-refractivity contribution in [2.24, 2.45) is 0 Å². The van der Waals surface area contributed by atoms with Gasteiger partial charge in [0.25, 0.3) is 5.91 Å². The Kier molecular flexibility index (Phi) is 4.24. The average Bonchev–Trinajstić information content (AvgIpc) is 3.01. The predicted octanol–water partition coefficient (Wildman–Crippen LogP) is 2.54. The highest BCUT2D eigenvalue weighted by Gasteiger charge is 2.13. The summed E-state index contributed by atoms with van der Waals surface area (Å²) in [6, 6.07) is 12.7. The molecule has 3 aromatic rings. The molecule has 1 N–H and O–H groups in total. The number of nitrogens with zero attached hydrogens (tertiary/aromatic N) is 4. The first-order chi connectivity index (χ1) is 11.6. The van der Waals surface area contributed by atoms with Crippen molar-refractivity contribution in [2.75, 3.05) is 12.4 Å². The third kappa shape index (κ3) is 3.10. The molecule has 1 amide bonds. The second-order valence-electron chi connectivity index (χ2n) is 5.34. The van der Waals surface area contributed by atoms with E-state index in [0.717, 1.165) is 5.56 Å². The second-order valence-corrected chi connectivity index (χ2v) is 5.34. The number of aromatic nitrogens is 4. The topological polar surface area (TPSA) is 81.9 Å². The van der Waals surface area contributed by atoms with Gasteiger partial charge in [-0.05, 0) is 54.6 Å². The van der Waals surface area contributed by atoms with Crippen LogP contribution >= 0.6 is 0 Å². The van der Waals surface area contributed by atoms with E-state index in [-0.39, 0.29) is 5.91 Å². The van der Waals surface area contributed by atoms with E-state index in [1.165, 1.54) is 0 Å². The minimum absolute atomic E-state index is 0.181. The molecule has 24 heavy (non-hydrogen) atoms. The van der Waals surface area contributed by atoms with Crippen LogP contribution in [0.3, 0.4) is 0 Å². The summed E-state index contributed by atoms with van der Waals surface area (Å²) in [6.07, 6.45) is 0. The number of rotatable bonds is 4. The Balaban J connectivity index is 1.90. The molecule has 0 fully saturated rings. The zero-order valence-electron chi connectivity index (χ0n) is 13.6. The lowest BCUT2D eigenvalue weighted by Gasteiger charge is -2.12. The number of aryl methyl sites for hydroxylation is 2. The Hall–Kier alpha value is -3.22. The molecular weight excluding hydrogens is 306 g/mol. The number of methoxy groups -OCH3 is 1. The van der Waals surface area contributed by atoms with E-state index in [1.54, 1.807) is 49.0 Å². The summed E-state index contributed by atoms with van der Waals surface area (Å²) in [5.74, 6) is 1.05. The molecule has 0 bridgehead atoms. The van der Waals surface area contributed by atoms with E-state index in [2.05, 4.69) is 20.8 Å². The fourth-order valence-corrected chi connectivity index (χ4v) is 2.30. The summed E-state index contributed by atoms with van der Waals surface area (Å²) in [7, 11) is 1.57. The molecule has 0 unspecified atom stereocenters. The van der Waals surface area contributed by atoms with Gasteiger partial charge in [-0.1, -0.05) is 17.7 Å². The molecule has 0 radical (unpaired) electrons. The summed E-state index contributed by atoms with van der Waals surface area (Å²) in [5.41, 5.74) is 2.98. The van der Waals surface area contributed by atoms with Crippen molar-refractivity contribution in [3.8, 4) is 11.4 Å². The molecule has 0 aliphatic heterocycles. The van der Waals surface area contributed by atoms with Gasteiger partial charge < -0.3 is 10.1 Å². The van der Waals surface area contributed by atoms with Gasteiger partial charge in [-0.3, -0.25) is 4.79 Å². The number of tetrazole rings is 1. The maximum atomic E-state index is 12.4. The molecule has 2 aromatic carbocycles. The Labute approximate surface area is 139 Å².